The van der Waals surface area contributed by atoms with Crippen molar-refractivity contribution in [3.8, 4) is 22.9 Å². The average Bonchev–Trinajstić information content (AvgIpc) is 2.70. The molecular formula is C20H21N3O4S. The first kappa shape index (κ1) is 19.6. The van der Waals surface area contributed by atoms with Gasteiger partial charge in [-0.3, -0.25) is 4.72 Å². The maximum Gasteiger partial charge on any atom is 0.261 e. The molecule has 0 fully saturated rings. The highest BCUT2D eigenvalue weighted by Crippen LogP contribution is 2.23. The van der Waals surface area contributed by atoms with Crippen molar-refractivity contribution in [2.45, 2.75) is 18.7 Å². The van der Waals surface area contributed by atoms with E-state index in [0.29, 0.717) is 36.2 Å². The summed E-state index contributed by atoms with van der Waals surface area (Å²) in [6, 6.07) is 16.7. The summed E-state index contributed by atoms with van der Waals surface area (Å²) in [7, 11) is -3.68. The van der Waals surface area contributed by atoms with E-state index >= 15 is 0 Å². The van der Waals surface area contributed by atoms with Gasteiger partial charge in [-0.2, -0.15) is 0 Å². The van der Waals surface area contributed by atoms with Crippen LogP contribution in [0.2, 0.25) is 0 Å². The normalized spacial score (nSPS) is 11.1. The van der Waals surface area contributed by atoms with Gasteiger partial charge in [0.15, 0.2) is 0 Å². The number of benzene rings is 2. The summed E-state index contributed by atoms with van der Waals surface area (Å²) in [5.41, 5.74) is 1.94. The number of ether oxygens (including phenoxy) is 2. The molecule has 8 heteroatoms. The third kappa shape index (κ3) is 4.77. The molecule has 0 radical (unpaired) electrons. The molecule has 0 spiro atoms. The summed E-state index contributed by atoms with van der Waals surface area (Å²) in [6.45, 7) is 4.80. The smallest absolute Gasteiger partial charge is 0.261 e. The second kappa shape index (κ2) is 8.71. The van der Waals surface area contributed by atoms with Crippen LogP contribution in [0.1, 0.15) is 13.8 Å². The maximum absolute atomic E-state index is 12.5. The fourth-order valence-corrected chi connectivity index (χ4v) is 3.56. The quantitative estimate of drug-likeness (QED) is 0.620. The van der Waals surface area contributed by atoms with Gasteiger partial charge in [-0.05, 0) is 56.3 Å². The second-order valence-corrected chi connectivity index (χ2v) is 7.46. The minimum atomic E-state index is -3.68. The molecule has 7 nitrogen and oxygen atoms in total. The lowest BCUT2D eigenvalue weighted by Gasteiger charge is -2.10. The van der Waals surface area contributed by atoms with E-state index in [2.05, 4.69) is 14.9 Å². The molecule has 0 aliphatic heterocycles. The SMILES string of the molecule is CCOc1ccc(S(=O)(=O)Nc2ccc(-c3ccc(OCC)nn3)cc2)cc1. The Balaban J connectivity index is 1.72. The number of rotatable bonds is 8. The van der Waals surface area contributed by atoms with E-state index in [1.165, 1.54) is 12.1 Å². The Bertz CT molecular complexity index is 1000. The summed E-state index contributed by atoms with van der Waals surface area (Å²) in [4.78, 5) is 0.164. The monoisotopic (exact) mass is 399 g/mol. The zero-order chi connectivity index (χ0) is 20.0. The van der Waals surface area contributed by atoms with E-state index in [0.717, 1.165) is 5.56 Å². The molecule has 2 aromatic carbocycles. The van der Waals surface area contributed by atoms with Gasteiger partial charge in [0.05, 0.1) is 23.8 Å². The van der Waals surface area contributed by atoms with Crippen LogP contribution in [0, 0.1) is 0 Å². The first-order chi connectivity index (χ1) is 13.5. The van der Waals surface area contributed by atoms with Crippen molar-refractivity contribution < 1.29 is 17.9 Å². The minimum absolute atomic E-state index is 0.164. The Kier molecular flexibility index (Phi) is 6.10. The van der Waals surface area contributed by atoms with Crippen LogP contribution in [-0.4, -0.2) is 31.8 Å². The Hall–Kier alpha value is -3.13. The fraction of sp³-hybridized carbons (Fsp3) is 0.200. The molecule has 0 aliphatic carbocycles. The van der Waals surface area contributed by atoms with Crippen molar-refractivity contribution in [1.82, 2.24) is 10.2 Å². The van der Waals surface area contributed by atoms with E-state index in [9.17, 15) is 8.42 Å². The zero-order valence-electron chi connectivity index (χ0n) is 15.6. The zero-order valence-corrected chi connectivity index (χ0v) is 16.4. The number of anilines is 1. The van der Waals surface area contributed by atoms with Crippen LogP contribution in [0.4, 0.5) is 5.69 Å². The highest BCUT2D eigenvalue weighted by Gasteiger charge is 2.14. The lowest BCUT2D eigenvalue weighted by atomic mass is 10.1. The van der Waals surface area contributed by atoms with Crippen LogP contribution in [0.15, 0.2) is 65.6 Å². The van der Waals surface area contributed by atoms with Gasteiger partial charge in [0, 0.05) is 17.3 Å². The van der Waals surface area contributed by atoms with Gasteiger partial charge in [0.1, 0.15) is 5.75 Å². The molecule has 0 unspecified atom stereocenters. The Morgan fingerprint density at radius 3 is 2.07 bits per heavy atom. The second-order valence-electron chi connectivity index (χ2n) is 5.78. The van der Waals surface area contributed by atoms with Crippen LogP contribution in [-0.2, 0) is 10.0 Å². The first-order valence-electron chi connectivity index (χ1n) is 8.84. The minimum Gasteiger partial charge on any atom is -0.494 e. The molecule has 0 bridgehead atoms. The Labute approximate surface area is 164 Å². The van der Waals surface area contributed by atoms with E-state index in [4.69, 9.17) is 9.47 Å². The summed E-state index contributed by atoms with van der Waals surface area (Å²) in [6.07, 6.45) is 0. The lowest BCUT2D eigenvalue weighted by molar-refractivity contribution is 0.323. The molecule has 1 heterocycles. The van der Waals surface area contributed by atoms with Crippen LogP contribution >= 0.6 is 0 Å². The third-order valence-corrected chi connectivity index (χ3v) is 5.21. The van der Waals surface area contributed by atoms with E-state index < -0.39 is 10.0 Å². The average molecular weight is 399 g/mol. The molecular weight excluding hydrogens is 378 g/mol. The van der Waals surface area contributed by atoms with Gasteiger partial charge < -0.3 is 9.47 Å². The fourth-order valence-electron chi connectivity index (χ4n) is 2.50. The van der Waals surface area contributed by atoms with Crippen molar-refractivity contribution in [3.63, 3.8) is 0 Å². The molecule has 3 rings (SSSR count). The van der Waals surface area contributed by atoms with Crippen molar-refractivity contribution >= 4 is 15.7 Å². The maximum atomic E-state index is 12.5. The number of hydrogen-bond donors (Lipinski definition) is 1. The van der Waals surface area contributed by atoms with Crippen molar-refractivity contribution in [3.05, 3.63) is 60.7 Å². The van der Waals surface area contributed by atoms with Crippen LogP contribution in [0.5, 0.6) is 11.6 Å². The first-order valence-corrected chi connectivity index (χ1v) is 10.3. The molecule has 28 heavy (non-hydrogen) atoms. The molecule has 0 saturated heterocycles. The molecule has 0 amide bonds. The Morgan fingerprint density at radius 2 is 1.50 bits per heavy atom. The molecule has 1 N–H and O–H groups in total. The van der Waals surface area contributed by atoms with E-state index in [1.54, 1.807) is 48.5 Å². The topological polar surface area (TPSA) is 90.4 Å². The lowest BCUT2D eigenvalue weighted by Crippen LogP contribution is -2.12. The predicted octanol–water partition coefficient (Wildman–Crippen LogP) is 3.74. The van der Waals surface area contributed by atoms with Gasteiger partial charge in [-0.25, -0.2) is 8.42 Å². The van der Waals surface area contributed by atoms with Crippen LogP contribution in [0.25, 0.3) is 11.3 Å². The number of nitrogens with one attached hydrogen (secondary N) is 1. The van der Waals surface area contributed by atoms with E-state index in [1.807, 2.05) is 13.8 Å². The summed E-state index contributed by atoms with van der Waals surface area (Å²) < 4.78 is 38.2. The highest BCUT2D eigenvalue weighted by atomic mass is 32.2. The van der Waals surface area contributed by atoms with Crippen molar-refractivity contribution in [2.24, 2.45) is 0 Å². The number of nitrogens with zero attached hydrogens (tertiary/aromatic N) is 2. The van der Waals surface area contributed by atoms with Crippen LogP contribution < -0.4 is 14.2 Å². The molecule has 3 aromatic rings. The van der Waals surface area contributed by atoms with Crippen LogP contribution in [0.3, 0.4) is 0 Å². The standard InChI is InChI=1S/C20H21N3O4S/c1-3-26-17-9-11-18(12-10-17)28(24,25)23-16-7-5-15(6-8-16)19-13-14-20(22-21-19)27-4-2/h5-14,23H,3-4H2,1-2H3. The van der Waals surface area contributed by atoms with Gasteiger partial charge >= 0.3 is 0 Å². The number of aromatic nitrogens is 2. The Morgan fingerprint density at radius 1 is 0.821 bits per heavy atom. The molecule has 0 atom stereocenters. The van der Waals surface area contributed by atoms with Gasteiger partial charge in [-0.1, -0.05) is 12.1 Å². The van der Waals surface area contributed by atoms with Gasteiger partial charge in [0.25, 0.3) is 10.0 Å². The van der Waals surface area contributed by atoms with E-state index in [-0.39, 0.29) is 4.90 Å². The summed E-state index contributed by atoms with van der Waals surface area (Å²) in [5, 5.41) is 8.11. The molecule has 1 aromatic heterocycles. The number of hydrogen-bond acceptors (Lipinski definition) is 6. The third-order valence-electron chi connectivity index (χ3n) is 3.81. The molecule has 146 valence electrons. The van der Waals surface area contributed by atoms with Gasteiger partial charge in [0.2, 0.25) is 5.88 Å². The van der Waals surface area contributed by atoms with Crippen molar-refractivity contribution in [1.29, 1.82) is 0 Å². The molecule has 0 saturated carbocycles. The highest BCUT2D eigenvalue weighted by molar-refractivity contribution is 7.92. The van der Waals surface area contributed by atoms with Gasteiger partial charge in [-0.15, -0.1) is 10.2 Å². The largest absolute Gasteiger partial charge is 0.494 e. The molecule has 0 aliphatic rings. The number of sulfonamides is 1. The summed E-state index contributed by atoms with van der Waals surface area (Å²) in [5.74, 6) is 1.09. The predicted molar refractivity (Wildman–Crippen MR) is 107 cm³/mol. The van der Waals surface area contributed by atoms with Crippen molar-refractivity contribution in [2.75, 3.05) is 17.9 Å². The summed E-state index contributed by atoms with van der Waals surface area (Å²) >= 11 is 0.